The van der Waals surface area contributed by atoms with E-state index in [4.69, 9.17) is 22.1 Å². The van der Waals surface area contributed by atoms with Crippen molar-refractivity contribution in [2.75, 3.05) is 12.8 Å². The first-order chi connectivity index (χ1) is 12.4. The maximum absolute atomic E-state index is 12.9. The van der Waals surface area contributed by atoms with E-state index in [2.05, 4.69) is 29.1 Å². The summed E-state index contributed by atoms with van der Waals surface area (Å²) >= 11 is 6.15. The number of carbonyl (C=O) groups is 1. The second-order valence-corrected chi connectivity index (χ2v) is 7.62. The molecule has 1 aromatic carbocycles. The molecule has 0 aromatic heterocycles. The van der Waals surface area contributed by atoms with Crippen molar-refractivity contribution < 1.29 is 9.53 Å². The quantitative estimate of drug-likeness (QED) is 0.627. The molecule has 1 amide bonds. The van der Waals surface area contributed by atoms with Crippen LogP contribution in [0.25, 0.3) is 0 Å². The van der Waals surface area contributed by atoms with Crippen molar-refractivity contribution in [1.82, 2.24) is 10.2 Å². The third kappa shape index (κ3) is 3.92. The first kappa shape index (κ1) is 18.9. The average Bonchev–Trinajstić information content (AvgIpc) is 2.80. The number of nitrogens with one attached hydrogen (secondary N) is 1. The van der Waals surface area contributed by atoms with E-state index in [0.29, 0.717) is 34.1 Å². The summed E-state index contributed by atoms with van der Waals surface area (Å²) in [4.78, 5) is 15.4. The highest BCUT2D eigenvalue weighted by molar-refractivity contribution is 6.33. The van der Waals surface area contributed by atoms with Gasteiger partial charge in [-0.1, -0.05) is 17.5 Å². The molecule has 2 aliphatic rings. The number of hydrogen-bond acceptors (Lipinski definition) is 4. The monoisotopic (exact) mass is 375 g/mol. The van der Waals surface area contributed by atoms with Gasteiger partial charge >= 0.3 is 0 Å². The lowest BCUT2D eigenvalue weighted by molar-refractivity contribution is 0.0878. The molecule has 0 radical (unpaired) electrons. The standard InChI is InChI=1S/C20H26ClN3O2/c1-4-5-12(2)26-19-11-18(22)17(21)10-16(19)20(25)23-13-8-14-6-7-15(9-13)24(14)3/h10-15H,6-9,22H2,1-3H3,(H,23,25)/t12-,13-,14+,15-/m1/s1. The summed E-state index contributed by atoms with van der Waals surface area (Å²) in [6.45, 7) is 3.58. The number of ether oxygens (including phenoxy) is 1. The zero-order chi connectivity index (χ0) is 18.8. The van der Waals surface area contributed by atoms with Crippen LogP contribution >= 0.6 is 11.6 Å². The molecule has 1 aromatic rings. The van der Waals surface area contributed by atoms with Crippen LogP contribution in [0.3, 0.4) is 0 Å². The second-order valence-electron chi connectivity index (χ2n) is 7.22. The Balaban J connectivity index is 1.77. The van der Waals surface area contributed by atoms with E-state index in [9.17, 15) is 4.79 Å². The summed E-state index contributed by atoms with van der Waals surface area (Å²) in [5.41, 5.74) is 6.68. The van der Waals surface area contributed by atoms with Gasteiger partial charge in [0, 0.05) is 24.2 Å². The van der Waals surface area contributed by atoms with E-state index < -0.39 is 0 Å². The van der Waals surface area contributed by atoms with Crippen LogP contribution in [0.4, 0.5) is 5.69 Å². The summed E-state index contributed by atoms with van der Waals surface area (Å²) in [6, 6.07) is 4.48. The number of nitrogens with two attached hydrogens (primary N) is 1. The fourth-order valence-corrected chi connectivity index (χ4v) is 4.22. The summed E-state index contributed by atoms with van der Waals surface area (Å²) in [7, 11) is 2.18. The molecular formula is C20H26ClN3O2. The van der Waals surface area contributed by atoms with Crippen LogP contribution < -0.4 is 15.8 Å². The van der Waals surface area contributed by atoms with Gasteiger partial charge < -0.3 is 20.7 Å². The number of halogens is 1. The largest absolute Gasteiger partial charge is 0.477 e. The summed E-state index contributed by atoms with van der Waals surface area (Å²) in [6.07, 6.45) is 4.04. The Bertz CT molecular complexity index is 741. The smallest absolute Gasteiger partial charge is 0.255 e. The Morgan fingerprint density at radius 2 is 2.04 bits per heavy atom. The highest BCUT2D eigenvalue weighted by Crippen LogP contribution is 2.35. The van der Waals surface area contributed by atoms with Gasteiger partial charge in [-0.05, 0) is 52.6 Å². The average molecular weight is 376 g/mol. The van der Waals surface area contributed by atoms with Crippen LogP contribution in [-0.4, -0.2) is 42.1 Å². The molecule has 2 saturated heterocycles. The Kier molecular flexibility index (Phi) is 5.64. The van der Waals surface area contributed by atoms with Gasteiger partial charge in [0.1, 0.15) is 5.75 Å². The molecule has 0 aliphatic carbocycles. The van der Waals surface area contributed by atoms with Crippen LogP contribution in [0.2, 0.25) is 5.02 Å². The minimum atomic E-state index is -0.341. The first-order valence-electron chi connectivity index (χ1n) is 9.09. The van der Waals surface area contributed by atoms with Crippen LogP contribution in [0.5, 0.6) is 5.75 Å². The van der Waals surface area contributed by atoms with Gasteiger partial charge in [-0.15, -0.1) is 5.92 Å². The number of amides is 1. The fraction of sp³-hybridized carbons (Fsp3) is 0.550. The van der Waals surface area contributed by atoms with Crippen molar-refractivity contribution in [2.45, 2.75) is 63.8 Å². The number of carbonyl (C=O) groups excluding carboxylic acids is 1. The first-order valence-corrected chi connectivity index (χ1v) is 9.47. The number of benzene rings is 1. The minimum Gasteiger partial charge on any atom is -0.477 e. The summed E-state index contributed by atoms with van der Waals surface area (Å²) in [5.74, 6) is 5.97. The molecule has 3 rings (SSSR count). The zero-order valence-corrected chi connectivity index (χ0v) is 16.3. The van der Waals surface area contributed by atoms with Crippen molar-refractivity contribution in [3.63, 3.8) is 0 Å². The third-order valence-electron chi connectivity index (χ3n) is 5.43. The molecule has 3 N–H and O–H groups in total. The molecule has 2 bridgehead atoms. The van der Waals surface area contributed by atoms with Crippen molar-refractivity contribution in [2.24, 2.45) is 0 Å². The Morgan fingerprint density at radius 3 is 2.65 bits per heavy atom. The molecule has 2 fully saturated rings. The third-order valence-corrected chi connectivity index (χ3v) is 5.76. The van der Waals surface area contributed by atoms with E-state index >= 15 is 0 Å². The van der Waals surface area contributed by atoms with E-state index in [1.807, 2.05) is 6.92 Å². The Hall–Kier alpha value is -1.90. The topological polar surface area (TPSA) is 67.6 Å². The van der Waals surface area contributed by atoms with E-state index in [-0.39, 0.29) is 18.1 Å². The fourth-order valence-electron chi connectivity index (χ4n) is 4.06. The summed E-state index contributed by atoms with van der Waals surface area (Å²) < 4.78 is 5.82. The van der Waals surface area contributed by atoms with Crippen molar-refractivity contribution in [1.29, 1.82) is 0 Å². The molecule has 6 heteroatoms. The lowest BCUT2D eigenvalue weighted by Gasteiger charge is -2.36. The Labute approximate surface area is 160 Å². The van der Waals surface area contributed by atoms with E-state index in [0.717, 1.165) is 12.8 Å². The molecule has 5 nitrogen and oxygen atoms in total. The molecule has 0 unspecified atom stereocenters. The van der Waals surface area contributed by atoms with Crippen molar-refractivity contribution in [3.05, 3.63) is 22.7 Å². The van der Waals surface area contributed by atoms with Gasteiger partial charge in [-0.2, -0.15) is 0 Å². The lowest BCUT2D eigenvalue weighted by Crippen LogP contribution is -2.48. The molecule has 0 spiro atoms. The van der Waals surface area contributed by atoms with Gasteiger partial charge in [0.2, 0.25) is 0 Å². The van der Waals surface area contributed by atoms with Gasteiger partial charge in [-0.3, -0.25) is 4.79 Å². The minimum absolute atomic E-state index is 0.174. The lowest BCUT2D eigenvalue weighted by atomic mass is 9.97. The van der Waals surface area contributed by atoms with Gasteiger partial charge in [0.05, 0.1) is 16.3 Å². The highest BCUT2D eigenvalue weighted by Gasteiger charge is 2.39. The molecule has 0 saturated carbocycles. The number of hydrogen-bond donors (Lipinski definition) is 2. The molecular weight excluding hydrogens is 350 g/mol. The summed E-state index contributed by atoms with van der Waals surface area (Å²) in [5, 5.41) is 3.52. The number of nitrogens with zero attached hydrogens (tertiary/aromatic N) is 1. The van der Waals surface area contributed by atoms with Crippen LogP contribution in [0.15, 0.2) is 12.1 Å². The van der Waals surface area contributed by atoms with Crippen LogP contribution in [-0.2, 0) is 0 Å². The SMILES string of the molecule is CC#C[C@@H](C)Oc1cc(N)c(Cl)cc1C(=O)N[C@H]1C[C@H]2CC[C@@H](C1)N2C. The maximum atomic E-state index is 12.9. The number of nitrogen functional groups attached to an aromatic ring is 1. The number of rotatable bonds is 4. The zero-order valence-electron chi connectivity index (χ0n) is 15.5. The Morgan fingerprint density at radius 1 is 1.38 bits per heavy atom. The normalized spacial score (nSPS) is 25.9. The van der Waals surface area contributed by atoms with Crippen LogP contribution in [0, 0.1) is 11.8 Å². The van der Waals surface area contributed by atoms with Gasteiger partial charge in [-0.25, -0.2) is 0 Å². The van der Waals surface area contributed by atoms with Crippen molar-refractivity contribution >= 4 is 23.2 Å². The maximum Gasteiger partial charge on any atom is 0.255 e. The van der Waals surface area contributed by atoms with Gasteiger partial charge in [0.15, 0.2) is 6.10 Å². The van der Waals surface area contributed by atoms with Gasteiger partial charge in [0.25, 0.3) is 5.91 Å². The second kappa shape index (κ2) is 7.77. The molecule has 26 heavy (non-hydrogen) atoms. The van der Waals surface area contributed by atoms with E-state index in [1.165, 1.54) is 12.8 Å². The van der Waals surface area contributed by atoms with Crippen LogP contribution in [0.1, 0.15) is 49.9 Å². The predicted octanol–water partition coefficient (Wildman–Crippen LogP) is 3.07. The molecule has 4 atom stereocenters. The molecule has 2 aliphatic heterocycles. The number of fused-ring (bicyclic) bond motifs is 2. The molecule has 140 valence electrons. The number of piperidine rings is 1. The highest BCUT2D eigenvalue weighted by atomic mass is 35.5. The predicted molar refractivity (Wildman–Crippen MR) is 104 cm³/mol. The molecule has 2 heterocycles. The number of anilines is 1. The van der Waals surface area contributed by atoms with E-state index in [1.54, 1.807) is 19.1 Å². The van der Waals surface area contributed by atoms with Crippen molar-refractivity contribution in [3.8, 4) is 17.6 Å².